The number of fused-ring (bicyclic) bond motifs is 10. The average Bonchev–Trinajstić information content (AvgIpc) is 3.94. The molecule has 2 aliphatic rings. The van der Waals surface area contributed by atoms with Crippen LogP contribution in [0.5, 0.6) is 0 Å². The maximum Gasteiger partial charge on any atom is 0.160 e. The van der Waals surface area contributed by atoms with Crippen LogP contribution in [0.1, 0.15) is 47.2 Å². The van der Waals surface area contributed by atoms with Crippen LogP contribution >= 0.6 is 0 Å². The summed E-state index contributed by atoms with van der Waals surface area (Å²) in [5.74, 6) is 0.691. The number of aromatic nitrogens is 2. The largest absolute Gasteiger partial charge is 0.228 e. The van der Waals surface area contributed by atoms with Gasteiger partial charge in [-0.15, -0.1) is 0 Å². The quantitative estimate of drug-likeness (QED) is 0.159. The van der Waals surface area contributed by atoms with Gasteiger partial charge in [-0.2, -0.15) is 0 Å². The molecule has 0 N–H and O–H groups in total. The molecule has 76 heavy (non-hydrogen) atoms. The van der Waals surface area contributed by atoms with E-state index in [-0.39, 0.29) is 5.41 Å². The van der Waals surface area contributed by atoms with Crippen LogP contribution in [0, 0.1) is 0 Å². The minimum Gasteiger partial charge on any atom is -0.228 e. The molecule has 2 nitrogen and oxygen atoms in total. The molecule has 0 unspecified atom stereocenters. The van der Waals surface area contributed by atoms with Crippen molar-refractivity contribution in [2.45, 2.75) is 24.7 Å². The Labute approximate surface area is 443 Å². The molecule has 0 atom stereocenters. The van der Waals surface area contributed by atoms with Crippen molar-refractivity contribution in [3.8, 4) is 78.4 Å². The van der Waals surface area contributed by atoms with E-state index >= 15 is 0 Å². The first-order chi connectivity index (χ1) is 37.5. The van der Waals surface area contributed by atoms with Gasteiger partial charge in [-0.05, 0) is 122 Å². The topological polar surface area (TPSA) is 25.8 Å². The highest BCUT2D eigenvalue weighted by Crippen LogP contribution is 2.59. The van der Waals surface area contributed by atoms with Crippen LogP contribution in [0.2, 0.25) is 0 Å². The van der Waals surface area contributed by atoms with Crippen molar-refractivity contribution >= 4 is 32.3 Å². The lowest BCUT2D eigenvalue weighted by atomic mass is 9.67. The molecule has 0 saturated heterocycles. The summed E-state index contributed by atoms with van der Waals surface area (Å²) in [6.07, 6.45) is 0. The van der Waals surface area contributed by atoms with E-state index in [1.54, 1.807) is 0 Å². The summed E-state index contributed by atoms with van der Waals surface area (Å²) in [6, 6.07) is 98.0. The normalized spacial score (nSPS) is 13.6. The summed E-state index contributed by atoms with van der Waals surface area (Å²) in [5.41, 5.74) is 21.9. The van der Waals surface area contributed by atoms with Crippen molar-refractivity contribution in [1.29, 1.82) is 0 Å². The Balaban J connectivity index is 0.886. The summed E-state index contributed by atoms with van der Waals surface area (Å²) in [6.45, 7) is 4.78. The van der Waals surface area contributed by atoms with E-state index in [0.717, 1.165) is 33.5 Å². The predicted molar refractivity (Wildman–Crippen MR) is 317 cm³/mol. The number of benzene rings is 12. The molecule has 0 saturated carbocycles. The van der Waals surface area contributed by atoms with Crippen LogP contribution in [0.25, 0.3) is 111 Å². The van der Waals surface area contributed by atoms with Crippen molar-refractivity contribution in [1.82, 2.24) is 9.97 Å². The summed E-state index contributed by atoms with van der Waals surface area (Å²) in [7, 11) is 0. The maximum atomic E-state index is 5.49. The van der Waals surface area contributed by atoms with Gasteiger partial charge in [0.1, 0.15) is 0 Å². The molecule has 2 aliphatic carbocycles. The second kappa shape index (κ2) is 17.0. The molecular formula is C74H50N2. The first kappa shape index (κ1) is 44.0. The third-order valence-electron chi connectivity index (χ3n) is 16.8. The lowest BCUT2D eigenvalue weighted by Crippen LogP contribution is -2.28. The van der Waals surface area contributed by atoms with E-state index in [4.69, 9.17) is 9.97 Å². The molecule has 0 amide bonds. The van der Waals surface area contributed by atoms with Crippen LogP contribution in [0.3, 0.4) is 0 Å². The van der Waals surface area contributed by atoms with Crippen LogP contribution in [-0.4, -0.2) is 9.97 Å². The van der Waals surface area contributed by atoms with Crippen molar-refractivity contribution < 1.29 is 0 Å². The molecule has 0 fully saturated rings. The van der Waals surface area contributed by atoms with Crippen molar-refractivity contribution in [3.05, 3.63) is 300 Å². The Hall–Kier alpha value is -9.50. The Morgan fingerprint density at radius 3 is 1.46 bits per heavy atom. The summed E-state index contributed by atoms with van der Waals surface area (Å²) in [4.78, 5) is 11.0. The molecular weight excluding hydrogens is 917 g/mol. The summed E-state index contributed by atoms with van der Waals surface area (Å²) in [5, 5.41) is 7.41. The molecule has 0 bridgehead atoms. The minimum absolute atomic E-state index is 0.145. The SMILES string of the molecule is CC1(C)c2cc(-c3ccc(-c4ccc(-c5cc(-c6cccc7c6-c6ccccc6C7(c6ccccc6)c6ccccc6)nc(-c6ccccc6)n5)c5ccccc45)c4ccccc34)ccc2-c2ccc3ccccc3c21. The predicted octanol–water partition coefficient (Wildman–Crippen LogP) is 18.9. The molecule has 13 aromatic rings. The van der Waals surface area contributed by atoms with Gasteiger partial charge < -0.3 is 0 Å². The van der Waals surface area contributed by atoms with Crippen LogP contribution < -0.4 is 0 Å². The first-order valence-corrected chi connectivity index (χ1v) is 26.5. The third kappa shape index (κ3) is 6.47. The Kier molecular flexibility index (Phi) is 9.86. The zero-order valence-corrected chi connectivity index (χ0v) is 42.3. The van der Waals surface area contributed by atoms with Crippen molar-refractivity contribution in [3.63, 3.8) is 0 Å². The van der Waals surface area contributed by atoms with Gasteiger partial charge in [-0.3, -0.25) is 0 Å². The van der Waals surface area contributed by atoms with E-state index in [9.17, 15) is 0 Å². The Morgan fingerprint density at radius 1 is 0.289 bits per heavy atom. The zero-order valence-electron chi connectivity index (χ0n) is 42.3. The van der Waals surface area contributed by atoms with Gasteiger partial charge in [0.25, 0.3) is 0 Å². The highest BCUT2D eigenvalue weighted by atomic mass is 14.9. The summed E-state index contributed by atoms with van der Waals surface area (Å²) < 4.78 is 0. The fourth-order valence-corrected chi connectivity index (χ4v) is 13.5. The average molecular weight is 967 g/mol. The molecule has 1 heterocycles. The standard InChI is InChI=1S/C74H50N2/c1-73(2)67-45-49(38-39-60(67)62-40-37-47-21-12-13-28-53(47)71(62)73)52-41-42-58(55-30-15-14-29-54(52)55)59-43-44-61(57-32-17-16-31-56(57)59)68-46-69(76-72(75-68)48-22-6-3-7-23-48)64-34-20-36-66-70(64)63-33-18-19-35-65(63)74(66,50-24-8-4-9-25-50)51-26-10-5-11-27-51/h3-46H,1-2H3. The molecule has 2 heteroatoms. The zero-order chi connectivity index (χ0) is 50.5. The molecule has 0 aliphatic heterocycles. The monoisotopic (exact) mass is 966 g/mol. The van der Waals surface area contributed by atoms with E-state index in [1.807, 2.05) is 0 Å². The van der Waals surface area contributed by atoms with Crippen molar-refractivity contribution in [2.24, 2.45) is 0 Å². The highest BCUT2D eigenvalue weighted by molar-refractivity contribution is 6.12. The fraction of sp³-hybridized carbons (Fsp3) is 0.0541. The number of hydrogen-bond acceptors (Lipinski definition) is 2. The van der Waals surface area contributed by atoms with Crippen LogP contribution in [0.15, 0.2) is 267 Å². The highest BCUT2D eigenvalue weighted by Gasteiger charge is 2.47. The van der Waals surface area contributed by atoms with E-state index < -0.39 is 5.41 Å². The third-order valence-corrected chi connectivity index (χ3v) is 16.8. The Morgan fingerprint density at radius 2 is 0.776 bits per heavy atom. The van der Waals surface area contributed by atoms with Gasteiger partial charge in [0, 0.05) is 22.1 Å². The van der Waals surface area contributed by atoms with Gasteiger partial charge >= 0.3 is 0 Å². The van der Waals surface area contributed by atoms with E-state index in [2.05, 4.69) is 281 Å². The first-order valence-electron chi connectivity index (χ1n) is 26.5. The smallest absolute Gasteiger partial charge is 0.160 e. The van der Waals surface area contributed by atoms with E-state index in [0.29, 0.717) is 5.82 Å². The van der Waals surface area contributed by atoms with Gasteiger partial charge in [-0.25, -0.2) is 9.97 Å². The lowest BCUT2D eigenvalue weighted by molar-refractivity contribution is 0.666. The van der Waals surface area contributed by atoms with Crippen molar-refractivity contribution in [2.75, 3.05) is 0 Å². The maximum absolute atomic E-state index is 5.49. The van der Waals surface area contributed by atoms with Crippen LogP contribution in [-0.2, 0) is 10.8 Å². The van der Waals surface area contributed by atoms with Gasteiger partial charge in [0.15, 0.2) is 5.82 Å². The van der Waals surface area contributed by atoms with E-state index in [1.165, 1.54) is 105 Å². The number of nitrogens with zero attached hydrogens (tertiary/aromatic N) is 2. The van der Waals surface area contributed by atoms with Gasteiger partial charge in [0.05, 0.1) is 16.8 Å². The molecule has 0 radical (unpaired) electrons. The molecule has 0 spiro atoms. The minimum atomic E-state index is -0.530. The molecule has 356 valence electrons. The summed E-state index contributed by atoms with van der Waals surface area (Å²) >= 11 is 0. The second-order valence-corrected chi connectivity index (χ2v) is 21.1. The number of hydrogen-bond donors (Lipinski definition) is 0. The fourth-order valence-electron chi connectivity index (χ4n) is 13.5. The number of rotatable bonds is 7. The lowest BCUT2D eigenvalue weighted by Gasteiger charge is -2.33. The Bertz CT molecular complexity index is 4440. The van der Waals surface area contributed by atoms with Crippen LogP contribution in [0.4, 0.5) is 0 Å². The molecule has 12 aromatic carbocycles. The molecule has 15 rings (SSSR count). The molecule has 1 aromatic heterocycles. The second-order valence-electron chi connectivity index (χ2n) is 21.1. The van der Waals surface area contributed by atoms with Gasteiger partial charge in [-0.1, -0.05) is 269 Å². The van der Waals surface area contributed by atoms with Gasteiger partial charge in [0.2, 0.25) is 0 Å².